The van der Waals surface area contributed by atoms with Gasteiger partial charge in [0.15, 0.2) is 11.0 Å². The quantitative estimate of drug-likeness (QED) is 0.279. The molecule has 3 amide bonds. The summed E-state index contributed by atoms with van der Waals surface area (Å²) in [6.07, 6.45) is 1.08. The van der Waals surface area contributed by atoms with Crippen LogP contribution in [0.2, 0.25) is 0 Å². The molecule has 142 valence electrons. The van der Waals surface area contributed by atoms with E-state index in [0.717, 1.165) is 15.2 Å². The summed E-state index contributed by atoms with van der Waals surface area (Å²) < 4.78 is 1.58. The first-order valence-corrected chi connectivity index (χ1v) is 9.89. The Kier molecular flexibility index (Phi) is 6.32. The number of hydrazone groups is 1. The number of amides is 3. The minimum Gasteiger partial charge on any atom is -0.301 e. The maximum absolute atomic E-state index is 12.8. The van der Waals surface area contributed by atoms with Crippen LogP contribution in [0.1, 0.15) is 10.4 Å². The molecular weight excluding hydrogens is 512 g/mol. The van der Waals surface area contributed by atoms with Gasteiger partial charge in [-0.2, -0.15) is 5.10 Å². The number of anilines is 1. The zero-order chi connectivity index (χ0) is 20.3. The highest BCUT2D eigenvalue weighted by Gasteiger charge is 2.38. The number of benzene rings is 2. The molecular formula is C18H12Br2N4O3S. The number of hydrogen-bond acceptors (Lipinski definition) is 5. The molecule has 2 aromatic rings. The van der Waals surface area contributed by atoms with E-state index in [0.29, 0.717) is 11.3 Å². The first kappa shape index (κ1) is 20.3. The number of nitrogens with zero attached hydrogens (tertiary/aromatic N) is 2. The molecule has 1 heterocycles. The molecule has 0 radical (unpaired) electrons. The van der Waals surface area contributed by atoms with Crippen molar-refractivity contribution in [2.75, 3.05) is 4.90 Å². The molecule has 10 heteroatoms. The highest BCUT2D eigenvalue weighted by atomic mass is 79.9. The number of rotatable bonds is 4. The minimum atomic E-state index is -1.22. The van der Waals surface area contributed by atoms with Crippen LogP contribution >= 0.6 is 44.1 Å². The van der Waals surface area contributed by atoms with Gasteiger partial charge >= 0.3 is 0 Å². The lowest BCUT2D eigenvalue weighted by Gasteiger charge is -2.30. The fourth-order valence-electron chi connectivity index (χ4n) is 2.42. The Morgan fingerprint density at radius 2 is 1.86 bits per heavy atom. The number of halogens is 2. The van der Waals surface area contributed by atoms with Gasteiger partial charge in [-0.25, -0.2) is 5.43 Å². The first-order chi connectivity index (χ1) is 13.4. The minimum absolute atomic E-state index is 0.0138. The average Bonchev–Trinajstić information content (AvgIpc) is 2.65. The second-order valence-electron chi connectivity index (χ2n) is 5.65. The zero-order valence-electron chi connectivity index (χ0n) is 14.1. The van der Waals surface area contributed by atoms with Gasteiger partial charge in [0.2, 0.25) is 5.91 Å². The van der Waals surface area contributed by atoms with Gasteiger partial charge in [0.1, 0.15) is 0 Å². The van der Waals surface area contributed by atoms with Crippen LogP contribution in [0.4, 0.5) is 5.69 Å². The first-order valence-electron chi connectivity index (χ1n) is 7.90. The third-order valence-corrected chi connectivity index (χ3v) is 5.07. The van der Waals surface area contributed by atoms with Gasteiger partial charge in [-0.3, -0.25) is 19.3 Å². The molecule has 1 fully saturated rings. The Morgan fingerprint density at radius 3 is 2.54 bits per heavy atom. The van der Waals surface area contributed by atoms with E-state index in [9.17, 15) is 14.4 Å². The second-order valence-corrected chi connectivity index (χ2v) is 7.87. The summed E-state index contributed by atoms with van der Waals surface area (Å²) in [4.78, 5) is 38.3. The molecule has 1 atom stereocenters. The molecule has 0 aromatic heterocycles. The summed E-state index contributed by atoms with van der Waals surface area (Å²) in [6.45, 7) is 0. The fraction of sp³-hybridized carbons (Fsp3) is 0.0556. The van der Waals surface area contributed by atoms with Crippen molar-refractivity contribution in [3.05, 3.63) is 63.0 Å². The largest absolute Gasteiger partial charge is 0.301 e. The summed E-state index contributed by atoms with van der Waals surface area (Å²) in [5.41, 5.74) is 3.20. The van der Waals surface area contributed by atoms with Gasteiger partial charge in [0.05, 0.1) is 5.69 Å². The van der Waals surface area contributed by atoms with Crippen molar-refractivity contribution in [2.45, 2.75) is 0 Å². The van der Waals surface area contributed by atoms with Gasteiger partial charge in [0, 0.05) is 20.7 Å². The Bertz CT molecular complexity index is 995. The van der Waals surface area contributed by atoms with Crippen LogP contribution in [-0.4, -0.2) is 29.0 Å². The third kappa shape index (κ3) is 4.51. The predicted octanol–water partition coefficient (Wildman–Crippen LogP) is 2.99. The van der Waals surface area contributed by atoms with Crippen LogP contribution in [0.25, 0.3) is 0 Å². The van der Waals surface area contributed by atoms with Crippen LogP contribution in [0.5, 0.6) is 0 Å². The van der Waals surface area contributed by atoms with E-state index < -0.39 is 23.6 Å². The summed E-state index contributed by atoms with van der Waals surface area (Å²) in [5.74, 6) is -2.86. The monoisotopic (exact) mass is 522 g/mol. The van der Waals surface area contributed by atoms with Crippen molar-refractivity contribution in [3.63, 3.8) is 0 Å². The van der Waals surface area contributed by atoms with Crippen LogP contribution in [0.3, 0.4) is 0 Å². The van der Waals surface area contributed by atoms with E-state index in [1.165, 1.54) is 4.90 Å². The van der Waals surface area contributed by atoms with Gasteiger partial charge in [-0.1, -0.05) is 37.9 Å². The number of hydrogen-bond donors (Lipinski definition) is 2. The Hall–Kier alpha value is -2.43. The van der Waals surface area contributed by atoms with Crippen LogP contribution < -0.4 is 15.6 Å². The SMILES string of the molecule is O=C(N/N=C\[C@H]1C(=O)NC(=S)N(c2ccc(Br)cc2)C1=O)c1cccc(Br)c1. The Morgan fingerprint density at radius 1 is 1.14 bits per heavy atom. The van der Waals surface area contributed by atoms with Crippen LogP contribution in [-0.2, 0) is 9.59 Å². The number of carbonyl (C=O) groups excluding carboxylic acids is 3. The van der Waals surface area contributed by atoms with Crippen molar-refractivity contribution in [1.82, 2.24) is 10.7 Å². The van der Waals surface area contributed by atoms with E-state index in [4.69, 9.17) is 12.2 Å². The number of thiocarbonyl (C=S) groups is 1. The molecule has 0 aliphatic carbocycles. The molecule has 3 rings (SSSR count). The van der Waals surface area contributed by atoms with E-state index in [-0.39, 0.29) is 5.11 Å². The summed E-state index contributed by atoms with van der Waals surface area (Å²) in [7, 11) is 0. The van der Waals surface area contributed by atoms with Crippen LogP contribution in [0, 0.1) is 5.92 Å². The van der Waals surface area contributed by atoms with E-state index in [1.807, 2.05) is 0 Å². The molecule has 1 saturated heterocycles. The maximum Gasteiger partial charge on any atom is 0.271 e. The number of nitrogens with one attached hydrogen (secondary N) is 2. The van der Waals surface area contributed by atoms with Gasteiger partial charge in [0.25, 0.3) is 11.8 Å². The van der Waals surface area contributed by atoms with E-state index in [2.05, 4.69) is 47.7 Å². The Balaban J connectivity index is 1.75. The summed E-state index contributed by atoms with van der Waals surface area (Å²) in [6, 6.07) is 13.6. The molecule has 1 aliphatic rings. The molecule has 0 bridgehead atoms. The maximum atomic E-state index is 12.8. The van der Waals surface area contributed by atoms with Crippen molar-refractivity contribution in [1.29, 1.82) is 0 Å². The van der Waals surface area contributed by atoms with Gasteiger partial charge < -0.3 is 5.32 Å². The van der Waals surface area contributed by atoms with Gasteiger partial charge in [-0.15, -0.1) is 0 Å². The van der Waals surface area contributed by atoms with Gasteiger partial charge in [-0.05, 0) is 54.7 Å². The van der Waals surface area contributed by atoms with E-state index >= 15 is 0 Å². The molecule has 0 saturated carbocycles. The predicted molar refractivity (Wildman–Crippen MR) is 116 cm³/mol. The molecule has 7 nitrogen and oxygen atoms in total. The molecule has 0 spiro atoms. The molecule has 0 unspecified atom stereocenters. The Labute approximate surface area is 182 Å². The van der Waals surface area contributed by atoms with Crippen LogP contribution in [0.15, 0.2) is 62.6 Å². The lowest BCUT2D eigenvalue weighted by Crippen LogP contribution is -2.58. The fourth-order valence-corrected chi connectivity index (χ4v) is 3.38. The topological polar surface area (TPSA) is 90.9 Å². The second kappa shape index (κ2) is 8.72. The number of carbonyl (C=O) groups is 3. The normalized spacial score (nSPS) is 17.0. The van der Waals surface area contributed by atoms with E-state index in [1.54, 1.807) is 48.5 Å². The smallest absolute Gasteiger partial charge is 0.271 e. The standard InChI is InChI=1S/C18H12Br2N4O3S/c19-11-4-6-13(7-5-11)24-17(27)14(16(26)22-18(24)28)9-21-23-15(25)10-2-1-3-12(20)8-10/h1-9,14H,(H,23,25)(H,22,26,28)/b21-9-/t14-/m0/s1. The summed E-state index contributed by atoms with van der Waals surface area (Å²) >= 11 is 11.7. The lowest BCUT2D eigenvalue weighted by molar-refractivity contribution is -0.130. The zero-order valence-corrected chi connectivity index (χ0v) is 18.0. The van der Waals surface area contributed by atoms with Crippen molar-refractivity contribution in [3.8, 4) is 0 Å². The molecule has 28 heavy (non-hydrogen) atoms. The molecule has 2 N–H and O–H groups in total. The third-order valence-electron chi connectivity index (χ3n) is 3.76. The highest BCUT2D eigenvalue weighted by molar-refractivity contribution is 9.10. The van der Waals surface area contributed by atoms with Crippen molar-refractivity contribution < 1.29 is 14.4 Å². The molecule has 1 aliphatic heterocycles. The summed E-state index contributed by atoms with van der Waals surface area (Å²) in [5, 5.41) is 6.23. The molecule has 2 aromatic carbocycles. The van der Waals surface area contributed by atoms with Crippen molar-refractivity contribution in [2.24, 2.45) is 11.0 Å². The highest BCUT2D eigenvalue weighted by Crippen LogP contribution is 2.22. The van der Waals surface area contributed by atoms with Crippen molar-refractivity contribution >= 4 is 78.8 Å². The lowest BCUT2D eigenvalue weighted by atomic mass is 10.1. The average molecular weight is 524 g/mol.